The molecule has 0 radical (unpaired) electrons. The van der Waals surface area contributed by atoms with E-state index in [1.807, 2.05) is 19.1 Å². The SMILES string of the molecule is CC(C)C1=CC(=O)[C@@]2(C)CCC(C)C3(C=C[C@@](C)(O)CC3)C12. The van der Waals surface area contributed by atoms with Crippen LogP contribution in [0.3, 0.4) is 0 Å². The minimum absolute atomic E-state index is 0.0392. The molecule has 0 aromatic rings. The van der Waals surface area contributed by atoms with Gasteiger partial charge in [-0.1, -0.05) is 45.4 Å². The van der Waals surface area contributed by atoms with E-state index in [4.69, 9.17) is 0 Å². The fraction of sp³-hybridized carbons (Fsp3) is 0.750. The van der Waals surface area contributed by atoms with Crippen LogP contribution < -0.4 is 0 Å². The summed E-state index contributed by atoms with van der Waals surface area (Å²) in [4.78, 5) is 12.8. The van der Waals surface area contributed by atoms with Crippen molar-refractivity contribution < 1.29 is 9.90 Å². The number of carbonyl (C=O) groups is 1. The predicted molar refractivity (Wildman–Crippen MR) is 89.4 cm³/mol. The number of hydrogen-bond acceptors (Lipinski definition) is 2. The molecule has 2 heteroatoms. The lowest BCUT2D eigenvalue weighted by Gasteiger charge is -2.56. The normalized spacial score (nSPS) is 48.0. The van der Waals surface area contributed by atoms with Gasteiger partial charge in [0.1, 0.15) is 0 Å². The van der Waals surface area contributed by atoms with Crippen LogP contribution in [0.1, 0.15) is 60.3 Å². The maximum atomic E-state index is 12.8. The van der Waals surface area contributed by atoms with E-state index in [1.165, 1.54) is 5.57 Å². The lowest BCUT2D eigenvalue weighted by atomic mass is 9.47. The number of carbonyl (C=O) groups excluding carboxylic acids is 1. The quantitative estimate of drug-likeness (QED) is 0.734. The first-order chi connectivity index (χ1) is 10.1. The number of allylic oxidation sites excluding steroid dienone is 3. The Morgan fingerprint density at radius 3 is 2.41 bits per heavy atom. The molecule has 0 bridgehead atoms. The molecule has 0 aromatic heterocycles. The Morgan fingerprint density at radius 1 is 1.18 bits per heavy atom. The fourth-order valence-corrected chi connectivity index (χ4v) is 5.27. The molecule has 22 heavy (non-hydrogen) atoms. The van der Waals surface area contributed by atoms with Gasteiger partial charge in [0.2, 0.25) is 0 Å². The van der Waals surface area contributed by atoms with Crippen LogP contribution in [-0.2, 0) is 4.79 Å². The zero-order valence-electron chi connectivity index (χ0n) is 14.6. The second-order valence-corrected chi connectivity index (χ2v) is 8.76. The van der Waals surface area contributed by atoms with Gasteiger partial charge < -0.3 is 5.11 Å². The highest BCUT2D eigenvalue weighted by atomic mass is 16.3. The highest BCUT2D eigenvalue weighted by Crippen LogP contribution is 2.64. The predicted octanol–water partition coefficient (Wildman–Crippen LogP) is 4.29. The van der Waals surface area contributed by atoms with E-state index in [2.05, 4.69) is 33.8 Å². The Bertz CT molecular complexity index is 554. The summed E-state index contributed by atoms with van der Waals surface area (Å²) >= 11 is 0. The number of aliphatic hydroxyl groups is 1. The van der Waals surface area contributed by atoms with Crippen molar-refractivity contribution in [1.82, 2.24) is 0 Å². The number of fused-ring (bicyclic) bond motifs is 2. The Morgan fingerprint density at radius 2 is 1.86 bits per heavy atom. The molecule has 3 aliphatic rings. The third kappa shape index (κ3) is 2.06. The molecule has 0 heterocycles. The summed E-state index contributed by atoms with van der Waals surface area (Å²) in [6.07, 6.45) is 10.1. The van der Waals surface area contributed by atoms with E-state index in [0.29, 0.717) is 23.5 Å². The Balaban J connectivity index is 2.12. The molecule has 5 atom stereocenters. The molecule has 1 saturated carbocycles. The van der Waals surface area contributed by atoms with Crippen LogP contribution in [0.15, 0.2) is 23.8 Å². The maximum Gasteiger partial charge on any atom is 0.162 e. The first-order valence-corrected chi connectivity index (χ1v) is 8.81. The first-order valence-electron chi connectivity index (χ1n) is 8.81. The van der Waals surface area contributed by atoms with Gasteiger partial charge in [-0.2, -0.15) is 0 Å². The molecule has 1 spiro atoms. The van der Waals surface area contributed by atoms with Crippen molar-refractivity contribution in [2.24, 2.45) is 28.6 Å². The van der Waals surface area contributed by atoms with Crippen molar-refractivity contribution in [2.45, 2.75) is 65.9 Å². The van der Waals surface area contributed by atoms with Gasteiger partial charge in [0.15, 0.2) is 5.78 Å². The Labute approximate surface area is 134 Å². The van der Waals surface area contributed by atoms with Gasteiger partial charge in [0.05, 0.1) is 5.60 Å². The summed E-state index contributed by atoms with van der Waals surface area (Å²) in [6.45, 7) is 10.8. The maximum absolute atomic E-state index is 12.8. The van der Waals surface area contributed by atoms with Crippen molar-refractivity contribution >= 4 is 5.78 Å². The standard InChI is InChI=1S/C20H30O2/c1-13(2)15-12-16(21)19(5)7-6-14(3)20(17(15)19)10-8-18(4,22)9-11-20/h8,10,12-14,17,22H,6-7,9,11H2,1-5H3/t14?,17?,18-,19-,20?/m1/s1. The van der Waals surface area contributed by atoms with Gasteiger partial charge in [-0.15, -0.1) is 0 Å². The van der Waals surface area contributed by atoms with Crippen LogP contribution >= 0.6 is 0 Å². The van der Waals surface area contributed by atoms with Gasteiger partial charge in [-0.05, 0) is 55.9 Å². The monoisotopic (exact) mass is 302 g/mol. The zero-order valence-corrected chi connectivity index (χ0v) is 14.6. The number of ketones is 1. The van der Waals surface area contributed by atoms with Crippen LogP contribution in [0.2, 0.25) is 0 Å². The van der Waals surface area contributed by atoms with Crippen molar-refractivity contribution in [3.05, 3.63) is 23.8 Å². The van der Waals surface area contributed by atoms with Gasteiger partial charge in [0.25, 0.3) is 0 Å². The second kappa shape index (κ2) is 4.80. The molecule has 0 aromatic carbocycles. The third-order valence-corrected chi connectivity index (χ3v) is 6.87. The van der Waals surface area contributed by atoms with Crippen molar-refractivity contribution in [3.63, 3.8) is 0 Å². The van der Waals surface area contributed by atoms with Crippen LogP contribution in [0.4, 0.5) is 0 Å². The van der Waals surface area contributed by atoms with Gasteiger partial charge in [0, 0.05) is 11.3 Å². The third-order valence-electron chi connectivity index (χ3n) is 6.87. The average molecular weight is 302 g/mol. The van der Waals surface area contributed by atoms with Crippen LogP contribution in [0.5, 0.6) is 0 Å². The molecular formula is C20H30O2. The van der Waals surface area contributed by atoms with E-state index in [0.717, 1.165) is 25.7 Å². The first kappa shape index (κ1) is 16.0. The van der Waals surface area contributed by atoms with Gasteiger partial charge in [-0.25, -0.2) is 0 Å². The summed E-state index contributed by atoms with van der Waals surface area (Å²) in [5, 5.41) is 10.3. The summed E-state index contributed by atoms with van der Waals surface area (Å²) in [5.74, 6) is 1.61. The highest BCUT2D eigenvalue weighted by Gasteiger charge is 2.60. The fourth-order valence-electron chi connectivity index (χ4n) is 5.27. The Hall–Kier alpha value is -0.890. The molecule has 0 amide bonds. The zero-order chi connectivity index (χ0) is 16.3. The topological polar surface area (TPSA) is 37.3 Å². The molecule has 1 fully saturated rings. The molecule has 0 saturated heterocycles. The van der Waals surface area contributed by atoms with Crippen molar-refractivity contribution in [3.8, 4) is 0 Å². The molecule has 2 nitrogen and oxygen atoms in total. The van der Waals surface area contributed by atoms with Crippen molar-refractivity contribution in [2.75, 3.05) is 0 Å². The number of rotatable bonds is 1. The molecule has 122 valence electrons. The van der Waals surface area contributed by atoms with Crippen molar-refractivity contribution in [1.29, 1.82) is 0 Å². The van der Waals surface area contributed by atoms with E-state index in [9.17, 15) is 9.90 Å². The second-order valence-electron chi connectivity index (χ2n) is 8.76. The summed E-state index contributed by atoms with van der Waals surface area (Å²) in [7, 11) is 0. The highest BCUT2D eigenvalue weighted by molar-refractivity contribution is 5.99. The minimum Gasteiger partial charge on any atom is -0.386 e. The molecule has 1 N–H and O–H groups in total. The summed E-state index contributed by atoms with van der Waals surface area (Å²) < 4.78 is 0. The summed E-state index contributed by atoms with van der Waals surface area (Å²) in [5.41, 5.74) is 0.450. The summed E-state index contributed by atoms with van der Waals surface area (Å²) in [6, 6.07) is 0. The van der Waals surface area contributed by atoms with E-state index in [-0.39, 0.29) is 10.8 Å². The Kier molecular flexibility index (Phi) is 3.49. The molecular weight excluding hydrogens is 272 g/mol. The van der Waals surface area contributed by atoms with Gasteiger partial charge in [-0.3, -0.25) is 4.79 Å². The molecule has 3 unspecified atom stereocenters. The van der Waals surface area contributed by atoms with Crippen LogP contribution in [-0.4, -0.2) is 16.5 Å². The minimum atomic E-state index is -0.691. The smallest absolute Gasteiger partial charge is 0.162 e. The van der Waals surface area contributed by atoms with E-state index >= 15 is 0 Å². The lowest BCUT2D eigenvalue weighted by Crippen LogP contribution is -2.52. The molecule has 3 aliphatic carbocycles. The van der Waals surface area contributed by atoms with Crippen LogP contribution in [0, 0.1) is 28.6 Å². The lowest BCUT2D eigenvalue weighted by molar-refractivity contribution is -0.131. The van der Waals surface area contributed by atoms with E-state index in [1.54, 1.807) is 0 Å². The molecule has 0 aliphatic heterocycles. The largest absolute Gasteiger partial charge is 0.386 e. The van der Waals surface area contributed by atoms with Gasteiger partial charge >= 0.3 is 0 Å². The van der Waals surface area contributed by atoms with E-state index < -0.39 is 5.60 Å². The molecule has 3 rings (SSSR count). The number of hydrogen-bond donors (Lipinski definition) is 1. The average Bonchev–Trinajstić information content (AvgIpc) is 2.71. The van der Waals surface area contributed by atoms with Crippen LogP contribution in [0.25, 0.3) is 0 Å².